The van der Waals surface area contributed by atoms with E-state index in [1.54, 1.807) is 18.3 Å². The van der Waals surface area contributed by atoms with E-state index >= 15 is 0 Å². The first-order valence-corrected chi connectivity index (χ1v) is 6.07. The van der Waals surface area contributed by atoms with Gasteiger partial charge in [0.05, 0.1) is 18.2 Å². The van der Waals surface area contributed by atoms with E-state index in [2.05, 4.69) is 20.4 Å². The SMILES string of the molecule is COC(CN)CC(=O)Nc1cccnc1-n1cncn1. The van der Waals surface area contributed by atoms with Crippen molar-refractivity contribution in [2.24, 2.45) is 5.73 Å². The maximum absolute atomic E-state index is 11.9. The molecule has 2 aromatic heterocycles. The number of nitrogens with two attached hydrogens (primary N) is 1. The molecule has 8 heteroatoms. The molecule has 0 aliphatic carbocycles. The van der Waals surface area contributed by atoms with Crippen LogP contribution in [-0.4, -0.2) is 45.4 Å². The fourth-order valence-electron chi connectivity index (χ4n) is 1.67. The molecule has 0 aliphatic rings. The van der Waals surface area contributed by atoms with Gasteiger partial charge in [-0.1, -0.05) is 0 Å². The van der Waals surface area contributed by atoms with E-state index in [4.69, 9.17) is 10.5 Å². The molecule has 0 bridgehead atoms. The van der Waals surface area contributed by atoms with Crippen molar-refractivity contribution >= 4 is 11.6 Å². The molecular weight excluding hydrogens is 260 g/mol. The summed E-state index contributed by atoms with van der Waals surface area (Å²) in [5, 5.41) is 6.77. The normalized spacial score (nSPS) is 12.1. The van der Waals surface area contributed by atoms with E-state index in [9.17, 15) is 4.79 Å². The van der Waals surface area contributed by atoms with Crippen LogP contribution in [0, 0.1) is 0 Å². The van der Waals surface area contributed by atoms with Gasteiger partial charge >= 0.3 is 0 Å². The number of hydrogen-bond donors (Lipinski definition) is 2. The molecule has 0 aliphatic heterocycles. The van der Waals surface area contributed by atoms with Crippen LogP contribution in [0.5, 0.6) is 0 Å². The molecule has 2 rings (SSSR count). The Morgan fingerprint density at radius 1 is 1.60 bits per heavy atom. The van der Waals surface area contributed by atoms with Crippen molar-refractivity contribution in [3.8, 4) is 5.82 Å². The zero-order valence-corrected chi connectivity index (χ0v) is 11.1. The molecule has 2 heterocycles. The summed E-state index contributed by atoms with van der Waals surface area (Å²) in [5.74, 6) is 0.303. The first-order chi connectivity index (χ1) is 9.74. The van der Waals surface area contributed by atoms with Crippen molar-refractivity contribution < 1.29 is 9.53 Å². The Labute approximate surface area is 116 Å². The van der Waals surface area contributed by atoms with Gasteiger partial charge in [0.25, 0.3) is 0 Å². The highest BCUT2D eigenvalue weighted by Gasteiger charge is 2.14. The molecule has 8 nitrogen and oxygen atoms in total. The minimum Gasteiger partial charge on any atom is -0.380 e. The third-order valence-electron chi connectivity index (χ3n) is 2.71. The van der Waals surface area contributed by atoms with Gasteiger partial charge in [-0.05, 0) is 12.1 Å². The van der Waals surface area contributed by atoms with Crippen LogP contribution in [-0.2, 0) is 9.53 Å². The number of nitrogens with one attached hydrogen (secondary N) is 1. The fraction of sp³-hybridized carbons (Fsp3) is 0.333. The van der Waals surface area contributed by atoms with E-state index in [0.717, 1.165) is 0 Å². The molecule has 3 N–H and O–H groups in total. The summed E-state index contributed by atoms with van der Waals surface area (Å²) in [7, 11) is 1.52. The van der Waals surface area contributed by atoms with Crippen LogP contribution in [0.25, 0.3) is 5.82 Å². The molecule has 1 amide bonds. The van der Waals surface area contributed by atoms with E-state index in [1.165, 1.54) is 24.4 Å². The molecule has 106 valence electrons. The number of amides is 1. The van der Waals surface area contributed by atoms with Crippen molar-refractivity contribution in [1.82, 2.24) is 19.7 Å². The lowest BCUT2D eigenvalue weighted by Crippen LogP contribution is -2.28. The molecule has 0 radical (unpaired) electrons. The standard InChI is InChI=1S/C12H16N6O2/c1-20-9(6-13)5-11(19)17-10-3-2-4-15-12(10)18-8-14-7-16-18/h2-4,7-9H,5-6,13H2,1H3,(H,17,19). The Morgan fingerprint density at radius 3 is 3.10 bits per heavy atom. The van der Waals surface area contributed by atoms with Crippen LogP contribution < -0.4 is 11.1 Å². The molecule has 1 atom stereocenters. The second-order valence-electron chi connectivity index (χ2n) is 4.06. The topological polar surface area (TPSA) is 108 Å². The van der Waals surface area contributed by atoms with Crippen molar-refractivity contribution in [2.45, 2.75) is 12.5 Å². The molecule has 0 fully saturated rings. The monoisotopic (exact) mass is 276 g/mol. The smallest absolute Gasteiger partial charge is 0.227 e. The van der Waals surface area contributed by atoms with Gasteiger partial charge in [-0.2, -0.15) is 5.10 Å². The molecule has 20 heavy (non-hydrogen) atoms. The van der Waals surface area contributed by atoms with Crippen LogP contribution in [0.1, 0.15) is 6.42 Å². The summed E-state index contributed by atoms with van der Waals surface area (Å²) in [5.41, 5.74) is 6.04. The Balaban J connectivity index is 2.12. The number of rotatable bonds is 6. The van der Waals surface area contributed by atoms with E-state index in [1.807, 2.05) is 0 Å². The van der Waals surface area contributed by atoms with Crippen LogP contribution in [0.15, 0.2) is 31.0 Å². The first-order valence-electron chi connectivity index (χ1n) is 6.07. The maximum atomic E-state index is 11.9. The molecule has 2 aromatic rings. The lowest BCUT2D eigenvalue weighted by atomic mass is 10.2. The molecule has 0 saturated carbocycles. The number of carbonyl (C=O) groups excluding carboxylic acids is 1. The van der Waals surface area contributed by atoms with E-state index in [0.29, 0.717) is 11.5 Å². The quantitative estimate of drug-likeness (QED) is 0.766. The Hall–Kier alpha value is -2.32. The van der Waals surface area contributed by atoms with Gasteiger partial charge in [0.2, 0.25) is 5.91 Å². The third kappa shape index (κ3) is 3.37. The number of pyridine rings is 1. The molecule has 0 spiro atoms. The summed E-state index contributed by atoms with van der Waals surface area (Å²) in [4.78, 5) is 20.0. The largest absolute Gasteiger partial charge is 0.380 e. The average molecular weight is 276 g/mol. The number of hydrogen-bond acceptors (Lipinski definition) is 6. The zero-order valence-electron chi connectivity index (χ0n) is 11.1. The van der Waals surface area contributed by atoms with Crippen molar-refractivity contribution in [2.75, 3.05) is 19.0 Å². The second kappa shape index (κ2) is 6.73. The molecular formula is C12H16N6O2. The lowest BCUT2D eigenvalue weighted by molar-refractivity contribution is -0.118. The van der Waals surface area contributed by atoms with Crippen LogP contribution in [0.4, 0.5) is 5.69 Å². The Morgan fingerprint density at radius 2 is 2.45 bits per heavy atom. The van der Waals surface area contributed by atoms with Gasteiger partial charge in [0.15, 0.2) is 5.82 Å². The summed E-state index contributed by atoms with van der Waals surface area (Å²) in [6.45, 7) is 0.285. The number of methoxy groups -OCH3 is 1. The molecule has 0 aromatic carbocycles. The van der Waals surface area contributed by atoms with Gasteiger partial charge in [-0.15, -0.1) is 0 Å². The predicted molar refractivity (Wildman–Crippen MR) is 72.3 cm³/mol. The van der Waals surface area contributed by atoms with Gasteiger partial charge < -0.3 is 15.8 Å². The number of aromatic nitrogens is 4. The van der Waals surface area contributed by atoms with Crippen LogP contribution in [0.3, 0.4) is 0 Å². The highest BCUT2D eigenvalue weighted by molar-refractivity contribution is 5.92. The fourth-order valence-corrected chi connectivity index (χ4v) is 1.67. The van der Waals surface area contributed by atoms with E-state index < -0.39 is 0 Å². The van der Waals surface area contributed by atoms with Crippen molar-refractivity contribution in [3.63, 3.8) is 0 Å². The number of ether oxygens (including phenoxy) is 1. The third-order valence-corrected chi connectivity index (χ3v) is 2.71. The minimum absolute atomic E-state index is 0.179. The molecule has 1 unspecified atom stereocenters. The van der Waals surface area contributed by atoms with Gasteiger partial charge in [-0.3, -0.25) is 4.79 Å². The zero-order chi connectivity index (χ0) is 14.4. The van der Waals surface area contributed by atoms with E-state index in [-0.39, 0.29) is 25.0 Å². The summed E-state index contributed by atoms with van der Waals surface area (Å²) < 4.78 is 6.56. The number of anilines is 1. The van der Waals surface area contributed by atoms with Gasteiger partial charge in [0, 0.05) is 19.9 Å². The highest BCUT2D eigenvalue weighted by Crippen LogP contribution is 2.16. The highest BCUT2D eigenvalue weighted by atomic mass is 16.5. The predicted octanol–water partition coefficient (Wildman–Crippen LogP) is -0.0354. The average Bonchev–Trinajstić information content (AvgIpc) is 2.99. The summed E-state index contributed by atoms with van der Waals surface area (Å²) in [6.07, 6.45) is 4.40. The van der Waals surface area contributed by atoms with Crippen LogP contribution in [0.2, 0.25) is 0 Å². The first kappa shape index (κ1) is 14.1. The number of nitrogens with zero attached hydrogens (tertiary/aromatic N) is 4. The van der Waals surface area contributed by atoms with Gasteiger partial charge in [0.1, 0.15) is 12.7 Å². The minimum atomic E-state index is -0.304. The Bertz CT molecular complexity index is 553. The molecule has 0 saturated heterocycles. The van der Waals surface area contributed by atoms with Crippen molar-refractivity contribution in [1.29, 1.82) is 0 Å². The van der Waals surface area contributed by atoms with Gasteiger partial charge in [-0.25, -0.2) is 14.6 Å². The van der Waals surface area contributed by atoms with Crippen molar-refractivity contribution in [3.05, 3.63) is 31.0 Å². The summed E-state index contributed by atoms with van der Waals surface area (Å²) >= 11 is 0. The maximum Gasteiger partial charge on any atom is 0.227 e. The second-order valence-corrected chi connectivity index (χ2v) is 4.06. The Kier molecular flexibility index (Phi) is 4.75. The summed E-state index contributed by atoms with van der Waals surface area (Å²) in [6, 6.07) is 3.47. The van der Waals surface area contributed by atoms with Crippen LogP contribution >= 0.6 is 0 Å². The lowest BCUT2D eigenvalue weighted by Gasteiger charge is -2.13. The number of carbonyl (C=O) groups is 1.